The monoisotopic (exact) mass is 295 g/mol. The number of hydrogen-bond donors (Lipinski definition) is 1. The second-order valence-electron chi connectivity index (χ2n) is 5.00. The number of carboxylic acid groups (broad SMARTS) is 1. The van der Waals surface area contributed by atoms with Crippen molar-refractivity contribution in [3.8, 4) is 0 Å². The van der Waals surface area contributed by atoms with E-state index < -0.39 is 5.97 Å². The molecule has 1 N–H and O–H groups in total. The summed E-state index contributed by atoms with van der Waals surface area (Å²) in [4.78, 5) is 24.7. The number of nitrogens with zero attached hydrogens (tertiary/aromatic N) is 1. The lowest BCUT2D eigenvalue weighted by atomic mass is 10.1. The van der Waals surface area contributed by atoms with Crippen LogP contribution in [0.1, 0.15) is 21.5 Å². The average Bonchev–Trinajstić information content (AvgIpc) is 2.52. The smallest absolute Gasteiger partial charge is 0.328 e. The van der Waals surface area contributed by atoms with Crippen LogP contribution in [0.3, 0.4) is 0 Å². The van der Waals surface area contributed by atoms with Crippen molar-refractivity contribution in [2.24, 2.45) is 0 Å². The molecular formula is C18H17NO3. The molecule has 0 saturated heterocycles. The second kappa shape index (κ2) is 6.72. The van der Waals surface area contributed by atoms with Crippen LogP contribution in [-0.2, 0) is 4.79 Å². The first-order chi connectivity index (χ1) is 10.5. The van der Waals surface area contributed by atoms with Crippen molar-refractivity contribution in [1.82, 2.24) is 0 Å². The van der Waals surface area contributed by atoms with E-state index in [0.717, 1.165) is 17.3 Å². The molecule has 0 spiro atoms. The van der Waals surface area contributed by atoms with Gasteiger partial charge in [0.15, 0.2) is 0 Å². The van der Waals surface area contributed by atoms with Crippen molar-refractivity contribution in [3.63, 3.8) is 0 Å². The van der Waals surface area contributed by atoms with Crippen molar-refractivity contribution in [1.29, 1.82) is 0 Å². The Morgan fingerprint density at radius 3 is 2.50 bits per heavy atom. The summed E-state index contributed by atoms with van der Waals surface area (Å²) in [5, 5.41) is 8.65. The van der Waals surface area contributed by atoms with E-state index in [4.69, 9.17) is 5.11 Å². The summed E-state index contributed by atoms with van der Waals surface area (Å²) < 4.78 is 0. The van der Waals surface area contributed by atoms with Crippen molar-refractivity contribution >= 4 is 23.6 Å². The molecule has 0 fully saturated rings. The lowest BCUT2D eigenvalue weighted by Crippen LogP contribution is -2.26. The Bertz CT molecular complexity index is 735. The van der Waals surface area contributed by atoms with Gasteiger partial charge in [0, 0.05) is 24.4 Å². The third-order valence-corrected chi connectivity index (χ3v) is 3.25. The number of aliphatic carboxylic acids is 1. The van der Waals surface area contributed by atoms with Crippen LogP contribution < -0.4 is 4.90 Å². The molecule has 0 saturated carbocycles. The highest BCUT2D eigenvalue weighted by Crippen LogP contribution is 2.18. The molecule has 0 radical (unpaired) electrons. The molecule has 112 valence electrons. The van der Waals surface area contributed by atoms with Crippen LogP contribution in [0.25, 0.3) is 6.08 Å². The van der Waals surface area contributed by atoms with E-state index in [-0.39, 0.29) is 5.91 Å². The first-order valence-corrected chi connectivity index (χ1v) is 6.83. The molecular weight excluding hydrogens is 278 g/mol. The van der Waals surface area contributed by atoms with Crippen LogP contribution in [-0.4, -0.2) is 24.0 Å². The Morgan fingerprint density at radius 1 is 1.09 bits per heavy atom. The summed E-state index contributed by atoms with van der Waals surface area (Å²) in [7, 11) is 1.72. The summed E-state index contributed by atoms with van der Waals surface area (Å²) in [6.45, 7) is 1.97. The Labute approximate surface area is 129 Å². The van der Waals surface area contributed by atoms with E-state index in [0.29, 0.717) is 11.1 Å². The molecule has 0 unspecified atom stereocenters. The zero-order valence-corrected chi connectivity index (χ0v) is 12.5. The predicted octanol–water partition coefficient (Wildman–Crippen LogP) is 3.37. The van der Waals surface area contributed by atoms with Gasteiger partial charge in [-0.3, -0.25) is 4.79 Å². The topological polar surface area (TPSA) is 57.6 Å². The number of amides is 1. The fraction of sp³-hybridized carbons (Fsp3) is 0.111. The van der Waals surface area contributed by atoms with Gasteiger partial charge in [-0.15, -0.1) is 0 Å². The van der Waals surface area contributed by atoms with Gasteiger partial charge in [-0.1, -0.05) is 24.3 Å². The summed E-state index contributed by atoms with van der Waals surface area (Å²) in [6, 6.07) is 14.6. The maximum atomic E-state index is 12.5. The highest BCUT2D eigenvalue weighted by atomic mass is 16.4. The number of carbonyl (C=O) groups is 2. The summed E-state index contributed by atoms with van der Waals surface area (Å²) >= 11 is 0. The highest BCUT2D eigenvalue weighted by Gasteiger charge is 2.13. The molecule has 1 amide bonds. The number of rotatable bonds is 4. The molecule has 0 atom stereocenters. The normalized spacial score (nSPS) is 10.6. The Balaban J connectivity index is 2.25. The van der Waals surface area contributed by atoms with E-state index in [9.17, 15) is 9.59 Å². The van der Waals surface area contributed by atoms with E-state index in [1.165, 1.54) is 6.08 Å². The van der Waals surface area contributed by atoms with Crippen LogP contribution in [0.4, 0.5) is 5.69 Å². The summed E-state index contributed by atoms with van der Waals surface area (Å²) in [5.41, 5.74) is 3.08. The van der Waals surface area contributed by atoms with E-state index >= 15 is 0 Å². The largest absolute Gasteiger partial charge is 0.478 e. The van der Waals surface area contributed by atoms with Crippen LogP contribution in [0.15, 0.2) is 54.6 Å². The fourth-order valence-electron chi connectivity index (χ4n) is 2.09. The molecule has 2 aromatic rings. The second-order valence-corrected chi connectivity index (χ2v) is 5.00. The molecule has 0 aromatic heterocycles. The SMILES string of the molecule is Cc1cccc(N(C)C(=O)c2cccc(/C=C/C(=O)O)c2)c1. The van der Waals surface area contributed by atoms with Gasteiger partial charge in [-0.05, 0) is 48.4 Å². The number of hydrogen-bond acceptors (Lipinski definition) is 2. The zero-order valence-electron chi connectivity index (χ0n) is 12.5. The van der Waals surface area contributed by atoms with Crippen LogP contribution >= 0.6 is 0 Å². The van der Waals surface area contributed by atoms with Crippen molar-refractivity contribution in [2.75, 3.05) is 11.9 Å². The van der Waals surface area contributed by atoms with E-state index in [2.05, 4.69) is 0 Å². The molecule has 0 aliphatic rings. The maximum Gasteiger partial charge on any atom is 0.328 e. The van der Waals surface area contributed by atoms with Crippen LogP contribution in [0.5, 0.6) is 0 Å². The van der Waals surface area contributed by atoms with Gasteiger partial charge in [0.25, 0.3) is 5.91 Å². The third-order valence-electron chi connectivity index (χ3n) is 3.25. The van der Waals surface area contributed by atoms with Gasteiger partial charge in [-0.25, -0.2) is 4.79 Å². The average molecular weight is 295 g/mol. The summed E-state index contributed by atoms with van der Waals surface area (Å²) in [5.74, 6) is -1.16. The Kier molecular flexibility index (Phi) is 4.73. The number of aryl methyl sites for hydroxylation is 1. The zero-order chi connectivity index (χ0) is 16.1. The molecule has 22 heavy (non-hydrogen) atoms. The van der Waals surface area contributed by atoms with E-state index in [1.807, 2.05) is 31.2 Å². The third kappa shape index (κ3) is 3.82. The quantitative estimate of drug-likeness (QED) is 0.880. The molecule has 0 aliphatic carbocycles. The maximum absolute atomic E-state index is 12.5. The molecule has 0 aliphatic heterocycles. The lowest BCUT2D eigenvalue weighted by Gasteiger charge is -2.18. The highest BCUT2D eigenvalue weighted by molar-refractivity contribution is 6.06. The van der Waals surface area contributed by atoms with Gasteiger partial charge < -0.3 is 10.0 Å². The summed E-state index contributed by atoms with van der Waals surface area (Å²) in [6.07, 6.45) is 2.51. The minimum Gasteiger partial charge on any atom is -0.478 e. The Hall–Kier alpha value is -2.88. The molecule has 0 heterocycles. The van der Waals surface area contributed by atoms with Gasteiger partial charge >= 0.3 is 5.97 Å². The number of benzene rings is 2. The molecule has 4 nitrogen and oxygen atoms in total. The standard InChI is InChI=1S/C18H17NO3/c1-13-5-3-8-16(11-13)19(2)18(22)15-7-4-6-14(12-15)9-10-17(20)21/h3-12H,1-2H3,(H,20,21)/b10-9+. The molecule has 0 bridgehead atoms. The molecule has 2 aromatic carbocycles. The lowest BCUT2D eigenvalue weighted by molar-refractivity contribution is -0.131. The van der Waals surface area contributed by atoms with Gasteiger partial charge in [0.2, 0.25) is 0 Å². The number of carbonyl (C=O) groups excluding carboxylic acids is 1. The Morgan fingerprint density at radius 2 is 1.82 bits per heavy atom. The van der Waals surface area contributed by atoms with E-state index in [1.54, 1.807) is 36.2 Å². The minimum absolute atomic E-state index is 0.142. The first kappa shape index (κ1) is 15.5. The fourth-order valence-corrected chi connectivity index (χ4v) is 2.09. The minimum atomic E-state index is -1.02. The van der Waals surface area contributed by atoms with Crippen molar-refractivity contribution in [2.45, 2.75) is 6.92 Å². The first-order valence-electron chi connectivity index (χ1n) is 6.83. The van der Waals surface area contributed by atoms with Gasteiger partial charge in [0.05, 0.1) is 0 Å². The van der Waals surface area contributed by atoms with Gasteiger partial charge in [-0.2, -0.15) is 0 Å². The van der Waals surface area contributed by atoms with Crippen LogP contribution in [0, 0.1) is 6.92 Å². The molecule has 4 heteroatoms. The van der Waals surface area contributed by atoms with Crippen LogP contribution in [0.2, 0.25) is 0 Å². The van der Waals surface area contributed by atoms with Crippen molar-refractivity contribution in [3.05, 3.63) is 71.3 Å². The number of carboxylic acids is 1. The van der Waals surface area contributed by atoms with Crippen molar-refractivity contribution < 1.29 is 14.7 Å². The van der Waals surface area contributed by atoms with Gasteiger partial charge in [0.1, 0.15) is 0 Å². The number of anilines is 1. The predicted molar refractivity (Wildman–Crippen MR) is 87.0 cm³/mol. The molecule has 2 rings (SSSR count).